The van der Waals surface area contributed by atoms with Gasteiger partial charge in [-0.25, -0.2) is 4.98 Å². The average Bonchev–Trinajstić information content (AvgIpc) is 2.14. The lowest BCUT2D eigenvalue weighted by Crippen LogP contribution is -2.22. The minimum atomic E-state index is -0.0713. The highest BCUT2D eigenvalue weighted by molar-refractivity contribution is 5.33. The molecule has 1 fully saturated rings. The molecule has 2 rings (SSSR count). The second kappa shape index (κ2) is 4.47. The molecule has 4 heteroatoms. The Morgan fingerprint density at radius 3 is 3.00 bits per heavy atom. The minimum absolute atomic E-state index is 0.0713. The number of nitrogens with zero attached hydrogens (tertiary/aromatic N) is 1. The van der Waals surface area contributed by atoms with E-state index < -0.39 is 0 Å². The minimum Gasteiger partial charge on any atom is -0.370 e. The molecule has 0 spiro atoms. The number of aryl methyl sites for hydroxylation is 1. The van der Waals surface area contributed by atoms with Crippen molar-refractivity contribution in [1.82, 2.24) is 9.97 Å². The quantitative estimate of drug-likeness (QED) is 0.787. The highest BCUT2D eigenvalue weighted by atomic mass is 16.1. The van der Waals surface area contributed by atoms with Gasteiger partial charge in [0.2, 0.25) is 0 Å². The summed E-state index contributed by atoms with van der Waals surface area (Å²) in [5, 5.41) is 3.23. The molecule has 0 amide bonds. The van der Waals surface area contributed by atoms with Gasteiger partial charge in [0.1, 0.15) is 11.6 Å². The van der Waals surface area contributed by atoms with Crippen LogP contribution in [0.2, 0.25) is 0 Å². The number of aromatic amines is 1. The van der Waals surface area contributed by atoms with Crippen molar-refractivity contribution in [2.45, 2.75) is 32.6 Å². The lowest BCUT2D eigenvalue weighted by Gasteiger charge is -2.25. The van der Waals surface area contributed by atoms with E-state index in [-0.39, 0.29) is 5.56 Å². The predicted molar refractivity (Wildman–Crippen MR) is 60.1 cm³/mol. The Bertz CT molecular complexity index is 382. The topological polar surface area (TPSA) is 57.8 Å². The van der Waals surface area contributed by atoms with Crippen LogP contribution in [0.25, 0.3) is 0 Å². The standard InChI is InChI=1S/C11H17N3O/c1-2-9-13-10(6-11(15)14-9)12-7-8-4-3-5-8/h6,8H,2-5,7H2,1H3,(H2,12,13,14,15). The summed E-state index contributed by atoms with van der Waals surface area (Å²) >= 11 is 0. The smallest absolute Gasteiger partial charge is 0.252 e. The summed E-state index contributed by atoms with van der Waals surface area (Å²) in [5.41, 5.74) is -0.0713. The average molecular weight is 207 g/mol. The van der Waals surface area contributed by atoms with E-state index in [9.17, 15) is 4.79 Å². The van der Waals surface area contributed by atoms with Crippen molar-refractivity contribution in [3.05, 3.63) is 22.2 Å². The van der Waals surface area contributed by atoms with Gasteiger partial charge in [0.25, 0.3) is 5.56 Å². The fraction of sp³-hybridized carbons (Fsp3) is 0.636. The van der Waals surface area contributed by atoms with Gasteiger partial charge in [-0.15, -0.1) is 0 Å². The van der Waals surface area contributed by atoms with Gasteiger partial charge < -0.3 is 10.3 Å². The molecule has 4 nitrogen and oxygen atoms in total. The van der Waals surface area contributed by atoms with Crippen molar-refractivity contribution in [3.63, 3.8) is 0 Å². The third kappa shape index (κ3) is 2.58. The summed E-state index contributed by atoms with van der Waals surface area (Å²) in [6, 6.07) is 1.53. The van der Waals surface area contributed by atoms with Crippen molar-refractivity contribution in [3.8, 4) is 0 Å². The normalized spacial score (nSPS) is 16.1. The molecule has 0 aromatic carbocycles. The lowest BCUT2D eigenvalue weighted by atomic mass is 9.85. The van der Waals surface area contributed by atoms with E-state index in [4.69, 9.17) is 0 Å². The van der Waals surface area contributed by atoms with Crippen LogP contribution in [0.1, 0.15) is 32.0 Å². The van der Waals surface area contributed by atoms with Gasteiger partial charge in [0, 0.05) is 19.0 Å². The number of hydrogen-bond acceptors (Lipinski definition) is 3. The van der Waals surface area contributed by atoms with Crippen LogP contribution in [-0.2, 0) is 6.42 Å². The second-order valence-corrected chi connectivity index (χ2v) is 4.11. The molecule has 2 N–H and O–H groups in total. The Morgan fingerprint density at radius 1 is 1.60 bits per heavy atom. The Hall–Kier alpha value is -1.32. The number of hydrogen-bond donors (Lipinski definition) is 2. The van der Waals surface area contributed by atoms with Crippen molar-refractivity contribution in [2.75, 3.05) is 11.9 Å². The van der Waals surface area contributed by atoms with Gasteiger partial charge in [-0.1, -0.05) is 13.3 Å². The fourth-order valence-corrected chi connectivity index (χ4v) is 1.71. The van der Waals surface area contributed by atoms with Crippen LogP contribution >= 0.6 is 0 Å². The third-order valence-electron chi connectivity index (χ3n) is 2.92. The second-order valence-electron chi connectivity index (χ2n) is 4.11. The molecule has 1 aliphatic carbocycles. The zero-order valence-electron chi connectivity index (χ0n) is 9.05. The molecule has 0 bridgehead atoms. The van der Waals surface area contributed by atoms with Crippen LogP contribution in [0.4, 0.5) is 5.82 Å². The Morgan fingerprint density at radius 2 is 2.40 bits per heavy atom. The molecule has 82 valence electrons. The molecule has 1 aromatic heterocycles. The van der Waals surface area contributed by atoms with E-state index in [1.165, 1.54) is 25.3 Å². The van der Waals surface area contributed by atoms with Gasteiger partial charge in [0.15, 0.2) is 0 Å². The van der Waals surface area contributed by atoms with Crippen molar-refractivity contribution >= 4 is 5.82 Å². The Balaban J connectivity index is 1.99. The molecular weight excluding hydrogens is 190 g/mol. The van der Waals surface area contributed by atoms with Gasteiger partial charge >= 0.3 is 0 Å². The van der Waals surface area contributed by atoms with E-state index in [2.05, 4.69) is 15.3 Å². The number of aromatic nitrogens is 2. The van der Waals surface area contributed by atoms with E-state index in [0.29, 0.717) is 5.82 Å². The number of H-pyrrole nitrogens is 1. The first-order valence-electron chi connectivity index (χ1n) is 5.62. The molecule has 1 heterocycles. The molecule has 0 saturated heterocycles. The Labute approximate surface area is 89.1 Å². The van der Waals surface area contributed by atoms with Gasteiger partial charge in [0.05, 0.1) is 0 Å². The summed E-state index contributed by atoms with van der Waals surface area (Å²) in [6.45, 7) is 2.92. The van der Waals surface area contributed by atoms with E-state index >= 15 is 0 Å². The van der Waals surface area contributed by atoms with Crippen molar-refractivity contribution in [1.29, 1.82) is 0 Å². The summed E-state index contributed by atoms with van der Waals surface area (Å²) in [5.74, 6) is 2.23. The number of nitrogens with one attached hydrogen (secondary N) is 2. The summed E-state index contributed by atoms with van der Waals surface area (Å²) in [6.07, 6.45) is 4.71. The fourth-order valence-electron chi connectivity index (χ4n) is 1.71. The van der Waals surface area contributed by atoms with E-state index in [1.54, 1.807) is 0 Å². The van der Waals surface area contributed by atoms with Crippen LogP contribution in [0.3, 0.4) is 0 Å². The van der Waals surface area contributed by atoms with Crippen LogP contribution in [0.5, 0.6) is 0 Å². The van der Waals surface area contributed by atoms with Crippen LogP contribution in [0.15, 0.2) is 10.9 Å². The highest BCUT2D eigenvalue weighted by Crippen LogP contribution is 2.25. The van der Waals surface area contributed by atoms with Gasteiger partial charge in [-0.05, 0) is 18.8 Å². The molecular formula is C11H17N3O. The summed E-state index contributed by atoms with van der Waals surface area (Å²) in [7, 11) is 0. The molecule has 15 heavy (non-hydrogen) atoms. The monoisotopic (exact) mass is 207 g/mol. The Kier molecular flexibility index (Phi) is 3.04. The molecule has 1 aliphatic rings. The van der Waals surface area contributed by atoms with Crippen LogP contribution in [0, 0.1) is 5.92 Å². The van der Waals surface area contributed by atoms with Crippen LogP contribution < -0.4 is 10.9 Å². The number of anilines is 1. The first kappa shape index (κ1) is 10.2. The van der Waals surface area contributed by atoms with E-state index in [1.807, 2.05) is 6.92 Å². The van der Waals surface area contributed by atoms with Crippen LogP contribution in [-0.4, -0.2) is 16.5 Å². The SMILES string of the molecule is CCc1nc(NCC2CCC2)cc(=O)[nH]1. The van der Waals surface area contributed by atoms with Crippen molar-refractivity contribution in [2.24, 2.45) is 5.92 Å². The van der Waals surface area contributed by atoms with Gasteiger partial charge in [-0.2, -0.15) is 0 Å². The molecule has 0 radical (unpaired) electrons. The maximum atomic E-state index is 11.3. The maximum absolute atomic E-state index is 11.3. The highest BCUT2D eigenvalue weighted by Gasteiger charge is 2.16. The number of rotatable bonds is 4. The van der Waals surface area contributed by atoms with E-state index in [0.717, 1.165) is 24.7 Å². The third-order valence-corrected chi connectivity index (χ3v) is 2.92. The molecule has 1 saturated carbocycles. The van der Waals surface area contributed by atoms with Crippen molar-refractivity contribution < 1.29 is 0 Å². The summed E-state index contributed by atoms with van der Waals surface area (Å²) in [4.78, 5) is 18.3. The maximum Gasteiger partial charge on any atom is 0.252 e. The molecule has 0 unspecified atom stereocenters. The van der Waals surface area contributed by atoms with Gasteiger partial charge in [-0.3, -0.25) is 4.79 Å². The molecule has 1 aromatic rings. The lowest BCUT2D eigenvalue weighted by molar-refractivity contribution is 0.333. The predicted octanol–water partition coefficient (Wildman–Crippen LogP) is 1.54. The first-order chi connectivity index (χ1) is 7.28. The first-order valence-corrected chi connectivity index (χ1v) is 5.62. The summed E-state index contributed by atoms with van der Waals surface area (Å²) < 4.78 is 0. The zero-order valence-corrected chi connectivity index (χ0v) is 9.05. The molecule has 0 atom stereocenters. The largest absolute Gasteiger partial charge is 0.370 e. The zero-order chi connectivity index (χ0) is 10.7. The molecule has 0 aliphatic heterocycles.